The lowest BCUT2D eigenvalue weighted by atomic mass is 10.3. The van der Waals surface area contributed by atoms with Crippen LogP contribution in [0.25, 0.3) is 0 Å². The lowest BCUT2D eigenvalue weighted by Crippen LogP contribution is -2.24. The zero-order valence-corrected chi connectivity index (χ0v) is 8.17. The fraction of sp³-hybridized carbons (Fsp3) is 0.400. The molecule has 0 atom stereocenters. The van der Waals surface area contributed by atoms with Gasteiger partial charge < -0.3 is 15.2 Å². The molecule has 5 heteroatoms. The predicted molar refractivity (Wildman–Crippen MR) is 51.8 cm³/mol. The second-order valence-electron chi connectivity index (χ2n) is 2.90. The Morgan fingerprint density at radius 1 is 1.27 bits per heavy atom. The second-order valence-corrected chi connectivity index (χ2v) is 2.90. The molecule has 84 valence electrons. The summed E-state index contributed by atoms with van der Waals surface area (Å²) in [5.74, 6) is -1.31. The van der Waals surface area contributed by atoms with Crippen molar-refractivity contribution in [1.29, 1.82) is 0 Å². The van der Waals surface area contributed by atoms with Crippen molar-refractivity contribution in [2.75, 3.05) is 26.3 Å². The van der Waals surface area contributed by atoms with Gasteiger partial charge in [-0.15, -0.1) is 0 Å². The van der Waals surface area contributed by atoms with E-state index in [1.807, 2.05) is 0 Å². The summed E-state index contributed by atoms with van der Waals surface area (Å²) < 4.78 is 30.6. The summed E-state index contributed by atoms with van der Waals surface area (Å²) in [5, 5.41) is 11.3. The number of rotatable bonds is 6. The van der Waals surface area contributed by atoms with Crippen molar-refractivity contribution < 1.29 is 18.6 Å². The van der Waals surface area contributed by atoms with Crippen LogP contribution >= 0.6 is 0 Å². The van der Waals surface area contributed by atoms with Gasteiger partial charge in [0.1, 0.15) is 12.4 Å². The molecule has 0 saturated carbocycles. The molecule has 0 aliphatic heterocycles. The quantitative estimate of drug-likeness (QED) is 0.696. The monoisotopic (exact) mass is 217 g/mol. The molecule has 1 aromatic carbocycles. The van der Waals surface area contributed by atoms with Gasteiger partial charge in [0.15, 0.2) is 11.6 Å². The van der Waals surface area contributed by atoms with Gasteiger partial charge in [-0.05, 0) is 12.1 Å². The van der Waals surface area contributed by atoms with Gasteiger partial charge in [0.05, 0.1) is 6.61 Å². The maximum absolute atomic E-state index is 13.0. The molecule has 0 aliphatic rings. The van der Waals surface area contributed by atoms with Gasteiger partial charge in [-0.1, -0.05) is 0 Å². The first kappa shape index (κ1) is 11.9. The number of aliphatic hydroxyl groups is 1. The molecule has 15 heavy (non-hydrogen) atoms. The molecular formula is C10H13F2NO2. The third kappa shape index (κ3) is 4.22. The van der Waals surface area contributed by atoms with Crippen molar-refractivity contribution in [3.05, 3.63) is 29.8 Å². The highest BCUT2D eigenvalue weighted by molar-refractivity contribution is 5.24. The Bertz CT molecular complexity index is 307. The Kier molecular flexibility index (Phi) is 5.00. The molecule has 1 rings (SSSR count). The molecule has 0 bridgehead atoms. The number of ether oxygens (including phenoxy) is 1. The van der Waals surface area contributed by atoms with Crippen LogP contribution in [0.4, 0.5) is 8.78 Å². The van der Waals surface area contributed by atoms with E-state index in [9.17, 15) is 8.78 Å². The number of aliphatic hydroxyl groups excluding tert-OH is 1. The van der Waals surface area contributed by atoms with E-state index in [4.69, 9.17) is 9.84 Å². The molecule has 0 fully saturated rings. The summed E-state index contributed by atoms with van der Waals surface area (Å²) in [6.45, 7) is 1.28. The van der Waals surface area contributed by atoms with Crippen molar-refractivity contribution in [1.82, 2.24) is 5.32 Å². The van der Waals surface area contributed by atoms with E-state index in [1.165, 1.54) is 6.07 Å². The van der Waals surface area contributed by atoms with E-state index in [0.717, 1.165) is 12.1 Å². The van der Waals surface area contributed by atoms with Gasteiger partial charge in [-0.2, -0.15) is 0 Å². The topological polar surface area (TPSA) is 41.5 Å². The lowest BCUT2D eigenvalue weighted by Gasteiger charge is -2.07. The molecule has 0 unspecified atom stereocenters. The van der Waals surface area contributed by atoms with Crippen molar-refractivity contribution in [3.63, 3.8) is 0 Å². The highest BCUT2D eigenvalue weighted by Crippen LogP contribution is 2.16. The molecule has 2 N–H and O–H groups in total. The van der Waals surface area contributed by atoms with E-state index < -0.39 is 11.6 Å². The number of hydrogen-bond acceptors (Lipinski definition) is 3. The molecule has 0 amide bonds. The molecule has 0 spiro atoms. The normalized spacial score (nSPS) is 10.3. The SMILES string of the molecule is OCCNCCOc1ccc(F)cc1F. The average Bonchev–Trinajstić information content (AvgIpc) is 2.20. The standard InChI is InChI=1S/C10H13F2NO2/c11-8-1-2-10(9(12)7-8)15-6-4-13-3-5-14/h1-2,7,13-14H,3-6H2. The Morgan fingerprint density at radius 3 is 2.73 bits per heavy atom. The minimum atomic E-state index is -0.711. The third-order valence-electron chi connectivity index (χ3n) is 1.72. The van der Waals surface area contributed by atoms with Crippen LogP contribution in [-0.2, 0) is 0 Å². The van der Waals surface area contributed by atoms with Crippen LogP contribution < -0.4 is 10.1 Å². The zero-order valence-electron chi connectivity index (χ0n) is 8.17. The van der Waals surface area contributed by atoms with Gasteiger partial charge in [0, 0.05) is 19.2 Å². The van der Waals surface area contributed by atoms with Gasteiger partial charge >= 0.3 is 0 Å². The highest BCUT2D eigenvalue weighted by Gasteiger charge is 2.03. The van der Waals surface area contributed by atoms with E-state index in [2.05, 4.69) is 5.32 Å². The van der Waals surface area contributed by atoms with E-state index in [-0.39, 0.29) is 19.0 Å². The molecule has 1 aromatic rings. The average molecular weight is 217 g/mol. The summed E-state index contributed by atoms with van der Waals surface area (Å²) in [5.41, 5.74) is 0. The van der Waals surface area contributed by atoms with Crippen LogP contribution in [0.5, 0.6) is 5.75 Å². The fourth-order valence-electron chi connectivity index (χ4n) is 1.03. The van der Waals surface area contributed by atoms with Crippen LogP contribution in [0.3, 0.4) is 0 Å². The van der Waals surface area contributed by atoms with Gasteiger partial charge in [0.25, 0.3) is 0 Å². The minimum Gasteiger partial charge on any atom is -0.489 e. The van der Waals surface area contributed by atoms with Crippen molar-refractivity contribution in [2.24, 2.45) is 0 Å². The van der Waals surface area contributed by atoms with Crippen LogP contribution in [-0.4, -0.2) is 31.4 Å². The summed E-state index contributed by atoms with van der Waals surface area (Å²) in [6, 6.07) is 3.16. The van der Waals surface area contributed by atoms with Crippen LogP contribution in [0.1, 0.15) is 0 Å². The molecule has 0 aliphatic carbocycles. The highest BCUT2D eigenvalue weighted by atomic mass is 19.1. The molecule has 3 nitrogen and oxygen atoms in total. The van der Waals surface area contributed by atoms with Crippen LogP contribution in [0.2, 0.25) is 0 Å². The number of benzene rings is 1. The Morgan fingerprint density at radius 2 is 2.07 bits per heavy atom. The molecule has 0 aromatic heterocycles. The van der Waals surface area contributed by atoms with Crippen molar-refractivity contribution in [2.45, 2.75) is 0 Å². The van der Waals surface area contributed by atoms with Crippen LogP contribution in [0.15, 0.2) is 18.2 Å². The molecule has 0 saturated heterocycles. The zero-order chi connectivity index (χ0) is 11.1. The van der Waals surface area contributed by atoms with Crippen molar-refractivity contribution in [3.8, 4) is 5.75 Å². The summed E-state index contributed by atoms with van der Waals surface area (Å²) in [6.07, 6.45) is 0. The summed E-state index contributed by atoms with van der Waals surface area (Å²) in [4.78, 5) is 0. The molecule has 0 radical (unpaired) electrons. The Hall–Kier alpha value is -1.20. The van der Waals surface area contributed by atoms with Crippen molar-refractivity contribution >= 4 is 0 Å². The molecular weight excluding hydrogens is 204 g/mol. The maximum atomic E-state index is 13.0. The minimum absolute atomic E-state index is 0.0298. The largest absolute Gasteiger partial charge is 0.489 e. The summed E-state index contributed by atoms with van der Waals surface area (Å²) >= 11 is 0. The summed E-state index contributed by atoms with van der Waals surface area (Å²) in [7, 11) is 0. The maximum Gasteiger partial charge on any atom is 0.167 e. The second kappa shape index (κ2) is 6.31. The third-order valence-corrected chi connectivity index (χ3v) is 1.72. The first-order valence-corrected chi connectivity index (χ1v) is 4.63. The van der Waals surface area contributed by atoms with Crippen LogP contribution in [0, 0.1) is 11.6 Å². The number of nitrogens with one attached hydrogen (secondary N) is 1. The van der Waals surface area contributed by atoms with E-state index >= 15 is 0 Å². The first-order chi connectivity index (χ1) is 7.24. The van der Waals surface area contributed by atoms with Gasteiger partial charge in [0.2, 0.25) is 0 Å². The Labute approximate surface area is 86.7 Å². The first-order valence-electron chi connectivity index (χ1n) is 4.63. The number of hydrogen-bond donors (Lipinski definition) is 2. The predicted octanol–water partition coefficient (Wildman–Crippen LogP) is 0.925. The number of halogens is 2. The van der Waals surface area contributed by atoms with Gasteiger partial charge in [-0.3, -0.25) is 0 Å². The smallest absolute Gasteiger partial charge is 0.167 e. The van der Waals surface area contributed by atoms with E-state index in [1.54, 1.807) is 0 Å². The Balaban J connectivity index is 2.31. The van der Waals surface area contributed by atoms with Gasteiger partial charge in [-0.25, -0.2) is 8.78 Å². The lowest BCUT2D eigenvalue weighted by molar-refractivity contribution is 0.271. The van der Waals surface area contributed by atoms with E-state index in [0.29, 0.717) is 13.1 Å². The fourth-order valence-corrected chi connectivity index (χ4v) is 1.03. The molecule has 0 heterocycles.